The van der Waals surface area contributed by atoms with Crippen molar-refractivity contribution in [3.8, 4) is 0 Å². The van der Waals surface area contributed by atoms with Gasteiger partial charge in [0.15, 0.2) is 0 Å². The number of benzene rings is 1. The van der Waals surface area contributed by atoms with Gasteiger partial charge in [-0.25, -0.2) is 0 Å². The van der Waals surface area contributed by atoms with E-state index in [2.05, 4.69) is 6.07 Å². The van der Waals surface area contributed by atoms with Crippen molar-refractivity contribution in [2.24, 2.45) is 0 Å². The number of esters is 1. The minimum Gasteiger partial charge on any atom is -0.461 e. The highest BCUT2D eigenvalue weighted by molar-refractivity contribution is 8.13. The maximum absolute atomic E-state index is 11.8. The van der Waals surface area contributed by atoms with Gasteiger partial charge in [0.05, 0.1) is 6.42 Å². The first kappa shape index (κ1) is 14.4. The predicted octanol–water partition coefficient (Wildman–Crippen LogP) is 3.50. The van der Waals surface area contributed by atoms with E-state index in [4.69, 9.17) is 4.74 Å². The van der Waals surface area contributed by atoms with Crippen LogP contribution in [0.15, 0.2) is 29.6 Å². The minimum atomic E-state index is -0.255. The molecule has 1 fully saturated rings. The fourth-order valence-corrected chi connectivity index (χ4v) is 4.03. The zero-order chi connectivity index (χ0) is 14.7. The normalized spacial score (nSPS) is 14.9. The summed E-state index contributed by atoms with van der Waals surface area (Å²) < 4.78 is 6.51. The van der Waals surface area contributed by atoms with E-state index in [0.717, 1.165) is 23.2 Å². The van der Waals surface area contributed by atoms with Crippen molar-refractivity contribution >= 4 is 44.4 Å². The Morgan fingerprint density at radius 2 is 2.19 bits per heavy atom. The largest absolute Gasteiger partial charge is 0.461 e. The molecule has 0 spiro atoms. The molecule has 0 unspecified atom stereocenters. The van der Waals surface area contributed by atoms with Crippen molar-refractivity contribution in [1.29, 1.82) is 0 Å². The fraction of sp³-hybridized carbons (Fsp3) is 0.333. The zero-order valence-corrected chi connectivity index (χ0v) is 13.0. The number of carbonyl (C=O) groups is 2. The SMILES string of the molecule is O=C(CCN1CCSC1=O)OCc1csc2ccccc12. The van der Waals surface area contributed by atoms with Gasteiger partial charge < -0.3 is 9.64 Å². The Hall–Kier alpha value is -1.53. The van der Waals surface area contributed by atoms with Gasteiger partial charge in [-0.3, -0.25) is 9.59 Å². The summed E-state index contributed by atoms with van der Waals surface area (Å²) >= 11 is 2.96. The first-order valence-corrected chi connectivity index (χ1v) is 8.63. The third-order valence-corrected chi connectivity index (χ3v) is 5.28. The maximum Gasteiger partial charge on any atom is 0.307 e. The standard InChI is InChI=1S/C15H15NO3S2/c17-14(5-6-16-7-8-20-15(16)18)19-9-11-10-21-13-4-2-1-3-12(11)13/h1-4,10H,5-9H2. The molecule has 0 atom stereocenters. The zero-order valence-electron chi connectivity index (χ0n) is 11.4. The second kappa shape index (κ2) is 6.49. The van der Waals surface area contributed by atoms with E-state index in [0.29, 0.717) is 13.2 Å². The lowest BCUT2D eigenvalue weighted by Crippen LogP contribution is -2.26. The van der Waals surface area contributed by atoms with E-state index in [1.54, 1.807) is 16.2 Å². The predicted molar refractivity (Wildman–Crippen MR) is 85.7 cm³/mol. The van der Waals surface area contributed by atoms with Crippen LogP contribution in [-0.4, -0.2) is 35.0 Å². The Bertz CT molecular complexity index is 668. The highest BCUT2D eigenvalue weighted by Crippen LogP contribution is 2.26. The lowest BCUT2D eigenvalue weighted by atomic mass is 10.2. The summed E-state index contributed by atoms with van der Waals surface area (Å²) in [7, 11) is 0. The molecule has 1 saturated heterocycles. The van der Waals surface area contributed by atoms with Crippen LogP contribution in [0.3, 0.4) is 0 Å². The van der Waals surface area contributed by atoms with Crippen molar-refractivity contribution in [3.63, 3.8) is 0 Å². The summed E-state index contributed by atoms with van der Waals surface area (Å²) in [5, 5.41) is 3.23. The topological polar surface area (TPSA) is 46.6 Å². The van der Waals surface area contributed by atoms with Crippen LogP contribution < -0.4 is 0 Å². The summed E-state index contributed by atoms with van der Waals surface area (Å²) in [5.74, 6) is 0.560. The number of hydrogen-bond acceptors (Lipinski definition) is 5. The van der Waals surface area contributed by atoms with E-state index >= 15 is 0 Å². The first-order chi connectivity index (χ1) is 10.2. The number of amides is 1. The van der Waals surface area contributed by atoms with Gasteiger partial charge in [0.2, 0.25) is 0 Å². The molecule has 0 bridgehead atoms. The van der Waals surface area contributed by atoms with Gasteiger partial charge in [0, 0.05) is 29.1 Å². The lowest BCUT2D eigenvalue weighted by Gasteiger charge is -2.13. The summed E-state index contributed by atoms with van der Waals surface area (Å²) in [4.78, 5) is 24.9. The molecule has 6 heteroatoms. The number of hydrogen-bond donors (Lipinski definition) is 0. The molecule has 1 amide bonds. The van der Waals surface area contributed by atoms with Crippen molar-refractivity contribution in [2.45, 2.75) is 13.0 Å². The molecule has 0 saturated carbocycles. The van der Waals surface area contributed by atoms with Crippen LogP contribution in [0.2, 0.25) is 0 Å². The van der Waals surface area contributed by atoms with E-state index < -0.39 is 0 Å². The Morgan fingerprint density at radius 3 is 3.00 bits per heavy atom. The molecule has 1 aromatic heterocycles. The number of fused-ring (bicyclic) bond motifs is 1. The highest BCUT2D eigenvalue weighted by atomic mass is 32.2. The maximum atomic E-state index is 11.8. The van der Waals surface area contributed by atoms with E-state index in [9.17, 15) is 9.59 Å². The quantitative estimate of drug-likeness (QED) is 0.791. The van der Waals surface area contributed by atoms with Gasteiger partial charge in [-0.2, -0.15) is 0 Å². The summed E-state index contributed by atoms with van der Waals surface area (Å²) in [6.45, 7) is 1.48. The van der Waals surface area contributed by atoms with Gasteiger partial charge in [-0.15, -0.1) is 11.3 Å². The fourth-order valence-electron chi connectivity index (χ4n) is 2.23. The van der Waals surface area contributed by atoms with Crippen molar-refractivity contribution in [1.82, 2.24) is 4.90 Å². The molecule has 3 rings (SSSR count). The molecule has 0 radical (unpaired) electrons. The van der Waals surface area contributed by atoms with Crippen molar-refractivity contribution in [2.75, 3.05) is 18.8 Å². The Labute approximate surface area is 131 Å². The van der Waals surface area contributed by atoms with Crippen LogP contribution in [0.5, 0.6) is 0 Å². The first-order valence-electron chi connectivity index (χ1n) is 6.76. The average molecular weight is 321 g/mol. The second-order valence-corrected chi connectivity index (χ2v) is 6.73. The summed E-state index contributed by atoms with van der Waals surface area (Å²) in [6.07, 6.45) is 0.258. The van der Waals surface area contributed by atoms with Crippen LogP contribution >= 0.6 is 23.1 Å². The van der Waals surface area contributed by atoms with Gasteiger partial charge in [0.1, 0.15) is 6.61 Å². The molecular weight excluding hydrogens is 306 g/mol. The van der Waals surface area contributed by atoms with Crippen LogP contribution in [-0.2, 0) is 16.1 Å². The molecule has 0 aliphatic carbocycles. The number of thioether (sulfide) groups is 1. The molecule has 21 heavy (non-hydrogen) atoms. The smallest absolute Gasteiger partial charge is 0.307 e. The van der Waals surface area contributed by atoms with E-state index in [-0.39, 0.29) is 17.6 Å². The van der Waals surface area contributed by atoms with Crippen LogP contribution in [0.4, 0.5) is 4.79 Å². The van der Waals surface area contributed by atoms with Crippen LogP contribution in [0, 0.1) is 0 Å². The number of carbonyl (C=O) groups excluding carboxylic acids is 2. The number of rotatable bonds is 5. The lowest BCUT2D eigenvalue weighted by molar-refractivity contribution is -0.145. The summed E-state index contributed by atoms with van der Waals surface area (Å²) in [5.41, 5.74) is 1.04. The average Bonchev–Trinajstić information content (AvgIpc) is 3.09. The van der Waals surface area contributed by atoms with Crippen LogP contribution in [0.25, 0.3) is 10.1 Å². The third-order valence-electron chi connectivity index (χ3n) is 3.38. The summed E-state index contributed by atoms with van der Waals surface area (Å²) in [6, 6.07) is 8.08. The Balaban J connectivity index is 1.50. The minimum absolute atomic E-state index is 0.0617. The van der Waals surface area contributed by atoms with Crippen LogP contribution in [0.1, 0.15) is 12.0 Å². The van der Waals surface area contributed by atoms with E-state index in [1.807, 2.05) is 23.6 Å². The van der Waals surface area contributed by atoms with Crippen molar-refractivity contribution < 1.29 is 14.3 Å². The molecule has 2 heterocycles. The van der Waals surface area contributed by atoms with Gasteiger partial charge in [-0.05, 0) is 16.8 Å². The van der Waals surface area contributed by atoms with Crippen molar-refractivity contribution in [3.05, 3.63) is 35.2 Å². The van der Waals surface area contributed by atoms with Gasteiger partial charge >= 0.3 is 5.97 Å². The highest BCUT2D eigenvalue weighted by Gasteiger charge is 2.21. The Kier molecular flexibility index (Phi) is 4.45. The molecule has 1 aliphatic heterocycles. The molecular formula is C15H15NO3S2. The Morgan fingerprint density at radius 1 is 1.33 bits per heavy atom. The number of nitrogens with zero attached hydrogens (tertiary/aromatic N) is 1. The molecule has 1 aromatic carbocycles. The van der Waals surface area contributed by atoms with Gasteiger partial charge in [0.25, 0.3) is 5.24 Å². The van der Waals surface area contributed by atoms with E-state index in [1.165, 1.54) is 16.5 Å². The number of ether oxygens (including phenoxy) is 1. The molecule has 1 aliphatic rings. The molecule has 0 N–H and O–H groups in total. The molecule has 2 aromatic rings. The monoisotopic (exact) mass is 321 g/mol. The molecule has 110 valence electrons. The number of thiophene rings is 1. The third kappa shape index (κ3) is 3.39. The second-order valence-electron chi connectivity index (χ2n) is 4.77. The molecule has 4 nitrogen and oxygen atoms in total. The van der Waals surface area contributed by atoms with Gasteiger partial charge in [-0.1, -0.05) is 30.0 Å².